The lowest BCUT2D eigenvalue weighted by Gasteiger charge is -2.41. The van der Waals surface area contributed by atoms with Gasteiger partial charge in [0.1, 0.15) is 63.5 Å². The fraction of sp³-hybridized carbons (Fsp3) is 0.179. The number of hydrogen-bond donors (Lipinski definition) is 8. The molecule has 148 heavy (non-hydrogen) atoms. The van der Waals surface area contributed by atoms with E-state index in [9.17, 15) is 92.9 Å². The molecule has 8 N–H and O–H groups in total. The number of amides is 1. The molecule has 764 valence electrons. The van der Waals surface area contributed by atoms with Crippen LogP contribution in [0.2, 0.25) is 0 Å². The second-order valence-corrected chi connectivity index (χ2v) is 42.4. The summed E-state index contributed by atoms with van der Waals surface area (Å²) >= 11 is 0. The van der Waals surface area contributed by atoms with Gasteiger partial charge in [0.05, 0.1) is 96.5 Å². The molecule has 3 aliphatic rings. The largest absolute Gasteiger partial charge is 0.465 e. The van der Waals surface area contributed by atoms with Crippen molar-refractivity contribution in [3.63, 3.8) is 0 Å². The maximum atomic E-state index is 15.4. The summed E-state index contributed by atoms with van der Waals surface area (Å²) in [7, 11) is -22.5. The van der Waals surface area contributed by atoms with Crippen LogP contribution in [0.25, 0.3) is 22.0 Å². The van der Waals surface area contributed by atoms with E-state index in [1.165, 1.54) is 148 Å². The number of benzene rings is 10. The summed E-state index contributed by atoms with van der Waals surface area (Å²) in [5.74, 6) is -15.0. The number of nitrogens with zero attached hydrogens (tertiary/aromatic N) is 8. The average Bonchev–Trinajstić information content (AvgIpc) is 0.706. The van der Waals surface area contributed by atoms with Crippen molar-refractivity contribution in [2.24, 2.45) is 13.0 Å². The molecule has 2 unspecified atom stereocenters. The molecular weight excluding hydrogens is 2060 g/mol. The van der Waals surface area contributed by atoms with Crippen molar-refractivity contribution in [3.8, 4) is 34.6 Å². The number of ether oxygens (including phenoxy) is 6. The molecule has 47 nitrogen and oxygen atoms in total. The standard InChI is InChI=1S/C95H79N13O34S6/c1-107-70-26-24-64(77-79(70)75(60-19-8-10-21-62(60)85(77)113)81(87(107)115)83(111)51-16-12-15-48(29-51)43-143(119,120)121)97-66-39-69(73(148(132,133)138-7)37-55(66)44-144(122,123)124)100-93-103-91(104-95(106-93)142-58-33-50(42-140-47-110)31-54(35-58)90(118)135-4)96-28-14-23-74-101-92(105-94(102-74)141-57-32-49(41-139-46-109)30-53(34-57)89(117)134-3)99-67-40-68(72(147(130,131)137-6)38-56(67)45-145(125,126)127)98-65-25-27-71-80-76(61-20-9-11-22-63(61)86(114)78(65)80)82(88(116)108(71)2)84(112)52-17-13-18-59(36-52)146(128,129)136-5/h8-13,15-22,24-27,29-40,46-47,76,82,97-98H,14,23,28,41-45H2,1-7H3,(H,119,120,121)(H,122,123,124)(H,125,126,127)(H,99,101,102,105)(H2,96,100,103,104,106). The van der Waals surface area contributed by atoms with Gasteiger partial charge in [0.2, 0.25) is 23.8 Å². The van der Waals surface area contributed by atoms with Crippen molar-refractivity contribution in [2.75, 3.05) is 80.6 Å². The first-order chi connectivity index (χ1) is 70.2. The van der Waals surface area contributed by atoms with E-state index < -0.39 is 234 Å². The Labute approximate surface area is 839 Å². The highest BCUT2D eigenvalue weighted by Crippen LogP contribution is 2.54. The van der Waals surface area contributed by atoms with Crippen LogP contribution in [0.1, 0.15) is 136 Å². The fourth-order valence-electron chi connectivity index (χ4n) is 17.2. The molecule has 13 aromatic rings. The summed E-state index contributed by atoms with van der Waals surface area (Å²) in [6.45, 7) is -0.959. The van der Waals surface area contributed by atoms with Gasteiger partial charge in [0, 0.05) is 83.2 Å². The van der Waals surface area contributed by atoms with E-state index >= 15 is 19.2 Å². The third kappa shape index (κ3) is 21.9. The lowest BCUT2D eigenvalue weighted by molar-refractivity contribution is -0.130. The summed E-state index contributed by atoms with van der Waals surface area (Å²) in [6.07, 6.45) is -0.467. The van der Waals surface area contributed by atoms with Crippen LogP contribution in [0.5, 0.6) is 23.5 Å². The highest BCUT2D eigenvalue weighted by molar-refractivity contribution is 7.87. The Balaban J connectivity index is 0.793. The molecule has 1 amide bonds. The highest BCUT2D eigenvalue weighted by Gasteiger charge is 2.51. The number of ketones is 4. The van der Waals surface area contributed by atoms with Crippen LogP contribution in [0.4, 0.5) is 57.7 Å². The van der Waals surface area contributed by atoms with Crippen LogP contribution in [0.3, 0.4) is 0 Å². The van der Waals surface area contributed by atoms with E-state index in [0.717, 1.165) is 87.5 Å². The Bertz CT molecular complexity index is 8650. The number of carbonyl (C=O) groups is 9. The summed E-state index contributed by atoms with van der Waals surface area (Å²) in [6, 6.07) is 36.8. The molecule has 0 fully saturated rings. The zero-order valence-electron chi connectivity index (χ0n) is 77.8. The molecule has 0 radical (unpaired) electrons. The molecule has 0 bridgehead atoms. The number of hydrogen-bond acceptors (Lipinski definition) is 42. The maximum Gasteiger partial charge on any atom is 0.337 e. The molecule has 0 spiro atoms. The quantitative estimate of drug-likeness (QED) is 0.00258. The van der Waals surface area contributed by atoms with Crippen molar-refractivity contribution in [1.82, 2.24) is 34.5 Å². The van der Waals surface area contributed by atoms with Gasteiger partial charge in [-0.15, -0.1) is 0 Å². The van der Waals surface area contributed by atoms with Gasteiger partial charge in [-0.2, -0.15) is 80.4 Å². The van der Waals surface area contributed by atoms with E-state index in [1.807, 2.05) is 0 Å². The van der Waals surface area contributed by atoms with Crippen molar-refractivity contribution < 1.29 is 148 Å². The molecule has 0 saturated carbocycles. The van der Waals surface area contributed by atoms with Crippen LogP contribution in [-0.4, -0.2) is 202 Å². The van der Waals surface area contributed by atoms with Gasteiger partial charge in [-0.05, 0) is 154 Å². The van der Waals surface area contributed by atoms with Crippen LogP contribution in [0.15, 0.2) is 201 Å². The Morgan fingerprint density at radius 1 is 0.453 bits per heavy atom. The predicted octanol–water partition coefficient (Wildman–Crippen LogP) is 10.2. The summed E-state index contributed by atoms with van der Waals surface area (Å²) in [5.41, 5.74) is -5.54. The Morgan fingerprint density at radius 3 is 1.55 bits per heavy atom. The third-order valence-corrected chi connectivity index (χ3v) is 29.5. The number of carbonyl (C=O) groups excluding carboxylic acids is 9. The van der Waals surface area contributed by atoms with E-state index in [4.69, 9.17) is 41.0 Å². The topological polar surface area (TPSA) is 665 Å². The van der Waals surface area contributed by atoms with Gasteiger partial charge < -0.3 is 64.5 Å². The second-order valence-electron chi connectivity index (χ2n) is 32.9. The number of methoxy groups -OCH3 is 2. The molecule has 3 aromatic heterocycles. The summed E-state index contributed by atoms with van der Waals surface area (Å²) < 4.78 is 240. The number of anilines is 10. The Kier molecular flexibility index (Phi) is 29.3. The molecule has 0 saturated heterocycles. The number of nitrogens with one attached hydrogen (secondary N) is 5. The predicted molar refractivity (Wildman–Crippen MR) is 522 cm³/mol. The monoisotopic (exact) mass is 2140 g/mol. The van der Waals surface area contributed by atoms with Crippen molar-refractivity contribution in [2.45, 2.75) is 63.9 Å². The van der Waals surface area contributed by atoms with Crippen LogP contribution >= 0.6 is 0 Å². The molecular formula is C95H79N13O34S6. The Hall–Kier alpha value is -16.5. The van der Waals surface area contributed by atoms with E-state index in [2.05, 4.69) is 56.5 Å². The van der Waals surface area contributed by atoms with Gasteiger partial charge in [-0.3, -0.25) is 64.6 Å². The van der Waals surface area contributed by atoms with Gasteiger partial charge >= 0.3 is 24.0 Å². The number of Topliss-reactive ketones (excluding diaryl/α,β-unsaturated/α-hetero) is 1. The molecule has 4 heterocycles. The number of aryl methyl sites for hydroxylation is 2. The Morgan fingerprint density at radius 2 is 0.959 bits per heavy atom. The van der Waals surface area contributed by atoms with Gasteiger partial charge in [0.15, 0.2) is 23.1 Å². The van der Waals surface area contributed by atoms with Crippen molar-refractivity contribution in [3.05, 3.63) is 287 Å². The molecule has 2 atom stereocenters. The van der Waals surface area contributed by atoms with Gasteiger partial charge in [-0.25, -0.2) is 9.59 Å². The van der Waals surface area contributed by atoms with E-state index in [1.54, 1.807) is 6.07 Å². The molecule has 1 aliphatic heterocycles. The zero-order valence-corrected chi connectivity index (χ0v) is 82.7. The van der Waals surface area contributed by atoms with E-state index in [-0.39, 0.29) is 161 Å². The number of fused-ring (bicyclic) bond motifs is 4. The molecule has 16 rings (SSSR count). The minimum Gasteiger partial charge on any atom is -0.465 e. The molecule has 53 heteroatoms. The first-order valence-corrected chi connectivity index (χ1v) is 52.3. The SMILES string of the molecule is COC(=O)c1cc(COC=O)cc(Oc2nc(CCCNc3nc(Nc4cc(Nc5ccc6c7c5C(=O)c5ccccc5-c7c(C(=O)c5cccc(CS(=O)(=O)O)c5)c(=O)n6C)c(CS(=O)(=O)O)cc4S(=O)(=O)OC)nc(Oc4cc(COC=O)cc(C(=O)OC)c4)n3)nc(Nc3cc(Nc4ccc5c6c4C(=O)c4ccccc4C6C(C(=O)c4cccc(S(=O)(=O)OC)c4)C(=O)N5C)c(S(=O)(=O)OC)cc3CS(=O)(=O)O)n2)c1. The number of rotatable bonds is 41. The normalized spacial score (nSPS) is 13.8. The van der Waals surface area contributed by atoms with Crippen LogP contribution in [0, 0.1) is 5.92 Å². The summed E-state index contributed by atoms with van der Waals surface area (Å²) in [5, 5.41) is 14.6. The van der Waals surface area contributed by atoms with Gasteiger partial charge in [0.25, 0.3) is 79.2 Å². The average molecular weight is 2140 g/mol. The maximum absolute atomic E-state index is 15.4. The third-order valence-electron chi connectivity index (χ3n) is 23.6. The minimum atomic E-state index is -5.21. The van der Waals surface area contributed by atoms with Crippen LogP contribution < -0.4 is 46.5 Å². The van der Waals surface area contributed by atoms with Crippen LogP contribution in [-0.2, 0) is 151 Å². The summed E-state index contributed by atoms with van der Waals surface area (Å²) in [4.78, 5) is 166. The number of aromatic nitrogens is 7. The smallest absolute Gasteiger partial charge is 0.337 e. The highest BCUT2D eigenvalue weighted by atomic mass is 32.2. The molecule has 10 aromatic carbocycles. The first kappa shape index (κ1) is 104. The number of esters is 2. The van der Waals surface area contributed by atoms with E-state index in [0.29, 0.717) is 0 Å². The van der Waals surface area contributed by atoms with Crippen molar-refractivity contribution >= 4 is 183 Å². The lowest BCUT2D eigenvalue weighted by Crippen LogP contribution is -2.47. The second kappa shape index (κ2) is 41.6. The zero-order chi connectivity index (χ0) is 106. The fourth-order valence-corrected chi connectivity index (χ4v) is 21.5. The lowest BCUT2D eigenvalue weighted by atomic mass is 9.66. The van der Waals surface area contributed by atoms with Gasteiger partial charge in [-0.1, -0.05) is 78.9 Å². The molecule has 2 aliphatic carbocycles. The first-order valence-electron chi connectivity index (χ1n) is 43.3. The number of pyridine rings is 1. The van der Waals surface area contributed by atoms with Crippen molar-refractivity contribution in [1.29, 1.82) is 0 Å². The minimum absolute atomic E-state index is 0.0270.